The van der Waals surface area contributed by atoms with Crippen molar-refractivity contribution in [1.29, 1.82) is 0 Å². The fourth-order valence-electron chi connectivity index (χ4n) is 4.74. The number of para-hydroxylation sites is 1. The van der Waals surface area contributed by atoms with Crippen LogP contribution in [0.25, 0.3) is 0 Å². The number of rotatable bonds is 4. The third kappa shape index (κ3) is 4.36. The molecule has 0 bridgehead atoms. The average molecular weight is 457 g/mol. The van der Waals surface area contributed by atoms with Crippen LogP contribution in [0.1, 0.15) is 72.8 Å². The molecule has 1 aromatic carbocycles. The monoisotopic (exact) mass is 456 g/mol. The first-order valence-electron chi connectivity index (χ1n) is 11.4. The minimum absolute atomic E-state index is 0.00292. The minimum Gasteiger partial charge on any atom is -0.464 e. The van der Waals surface area contributed by atoms with Gasteiger partial charge in [-0.3, -0.25) is 19.2 Å². The van der Waals surface area contributed by atoms with E-state index in [1.54, 1.807) is 13.0 Å². The first-order chi connectivity index (χ1) is 15.8. The van der Waals surface area contributed by atoms with Crippen molar-refractivity contribution in [1.82, 2.24) is 15.1 Å². The Labute approximate surface area is 192 Å². The molecule has 8 nitrogen and oxygen atoms in total. The van der Waals surface area contributed by atoms with Gasteiger partial charge in [0.05, 0.1) is 19.3 Å². The molecule has 1 aliphatic carbocycles. The minimum atomic E-state index is -1.45. The van der Waals surface area contributed by atoms with Crippen LogP contribution in [0.3, 0.4) is 0 Å². The smallest absolute Gasteiger partial charge is 0.358 e. The average Bonchev–Trinajstić information content (AvgIpc) is 3.20. The summed E-state index contributed by atoms with van der Waals surface area (Å²) in [5, 5.41) is 7.32. The topological polar surface area (TPSA) is 93.5 Å². The summed E-state index contributed by atoms with van der Waals surface area (Å²) >= 11 is 0. The molecule has 4 rings (SSSR count). The number of aromatic nitrogens is 2. The predicted molar refractivity (Wildman–Crippen MR) is 119 cm³/mol. The zero-order chi connectivity index (χ0) is 23.6. The summed E-state index contributed by atoms with van der Waals surface area (Å²) in [7, 11) is 1.22. The molecular weight excluding hydrogens is 427 g/mol. The molecule has 33 heavy (non-hydrogen) atoms. The maximum Gasteiger partial charge on any atom is 0.358 e. The van der Waals surface area contributed by atoms with Crippen molar-refractivity contribution < 1.29 is 23.5 Å². The highest BCUT2D eigenvalue weighted by Gasteiger charge is 2.50. The van der Waals surface area contributed by atoms with Crippen molar-refractivity contribution in [2.45, 2.75) is 70.0 Å². The Bertz CT molecular complexity index is 1060. The molecule has 1 aliphatic heterocycles. The van der Waals surface area contributed by atoms with Crippen LogP contribution in [-0.2, 0) is 16.1 Å². The molecule has 0 radical (unpaired) electrons. The van der Waals surface area contributed by atoms with Gasteiger partial charge in [0.25, 0.3) is 5.91 Å². The van der Waals surface area contributed by atoms with Crippen LogP contribution in [-0.4, -0.2) is 46.3 Å². The third-order valence-electron chi connectivity index (χ3n) is 6.57. The summed E-state index contributed by atoms with van der Waals surface area (Å²) in [6.45, 7) is 1.58. The molecule has 0 saturated heterocycles. The lowest BCUT2D eigenvalue weighted by Crippen LogP contribution is -2.65. The lowest BCUT2D eigenvalue weighted by Gasteiger charge is -2.43. The fourth-order valence-corrected chi connectivity index (χ4v) is 4.74. The number of halogens is 1. The fraction of sp³-hybridized carbons (Fsp3) is 0.500. The standard InChI is InChI=1S/C24H29FN4O4/c1-24(23(32)26-16-10-6-4-3-5-7-11-16)15-28-20(14-18(27-28)22(31)33-2)21(30)29(24)19-13-9-8-12-17(19)25/h8-9,12-14,16H,3-7,10-11,15H2,1-2H3,(H,26,32)/t24-/m0/s1. The number of benzene rings is 1. The molecule has 2 heterocycles. The second kappa shape index (κ2) is 9.33. The maximum absolute atomic E-state index is 14.9. The Morgan fingerprint density at radius 3 is 2.48 bits per heavy atom. The molecule has 176 valence electrons. The van der Waals surface area contributed by atoms with Crippen LogP contribution in [0.2, 0.25) is 0 Å². The van der Waals surface area contributed by atoms with Crippen molar-refractivity contribution in [2.24, 2.45) is 0 Å². The SMILES string of the molecule is COC(=O)c1cc2n(n1)C[C@@](C)(C(=O)NC1CCCCCCC1)N(c1ccccc1F)C2=O. The number of carbonyl (C=O) groups excluding carboxylic acids is 3. The molecule has 9 heteroatoms. The van der Waals surface area contributed by atoms with Crippen LogP contribution in [0.4, 0.5) is 10.1 Å². The summed E-state index contributed by atoms with van der Waals surface area (Å²) < 4.78 is 20.9. The second-order valence-corrected chi connectivity index (χ2v) is 8.95. The maximum atomic E-state index is 14.9. The lowest BCUT2D eigenvalue weighted by molar-refractivity contribution is -0.127. The number of carbonyl (C=O) groups is 3. The summed E-state index contributed by atoms with van der Waals surface area (Å²) in [5.74, 6) is -2.28. The highest BCUT2D eigenvalue weighted by atomic mass is 19.1. The molecule has 1 fully saturated rings. The summed E-state index contributed by atoms with van der Waals surface area (Å²) in [6.07, 6.45) is 7.28. The van der Waals surface area contributed by atoms with Gasteiger partial charge in [-0.25, -0.2) is 9.18 Å². The molecule has 1 aromatic heterocycles. The Hall–Kier alpha value is -3.23. The van der Waals surface area contributed by atoms with E-state index in [0.717, 1.165) is 38.5 Å². The first kappa shape index (κ1) is 22.9. The van der Waals surface area contributed by atoms with E-state index < -0.39 is 23.2 Å². The second-order valence-electron chi connectivity index (χ2n) is 8.95. The van der Waals surface area contributed by atoms with E-state index in [1.807, 2.05) is 0 Å². The van der Waals surface area contributed by atoms with Crippen LogP contribution in [0.15, 0.2) is 30.3 Å². The van der Waals surface area contributed by atoms with E-state index in [1.165, 1.54) is 47.4 Å². The zero-order valence-electron chi connectivity index (χ0n) is 19.0. The molecule has 1 atom stereocenters. The number of hydrogen-bond donors (Lipinski definition) is 1. The van der Waals surface area contributed by atoms with Gasteiger partial charge in [0.15, 0.2) is 5.69 Å². The largest absolute Gasteiger partial charge is 0.464 e. The Morgan fingerprint density at radius 2 is 1.82 bits per heavy atom. The highest BCUT2D eigenvalue weighted by molar-refractivity contribution is 6.12. The van der Waals surface area contributed by atoms with Crippen molar-refractivity contribution in [3.05, 3.63) is 47.5 Å². The molecule has 0 spiro atoms. The molecule has 1 saturated carbocycles. The number of ether oxygens (including phenoxy) is 1. The van der Waals surface area contributed by atoms with Gasteiger partial charge in [-0.1, -0.05) is 44.2 Å². The first-order valence-corrected chi connectivity index (χ1v) is 11.4. The van der Waals surface area contributed by atoms with E-state index in [4.69, 9.17) is 4.74 Å². The van der Waals surface area contributed by atoms with Crippen molar-refractivity contribution >= 4 is 23.5 Å². The lowest BCUT2D eigenvalue weighted by atomic mass is 9.91. The predicted octanol–water partition coefficient (Wildman–Crippen LogP) is 3.46. The number of nitrogens with one attached hydrogen (secondary N) is 1. The molecular formula is C24H29FN4O4. The van der Waals surface area contributed by atoms with Gasteiger partial charge in [-0.2, -0.15) is 5.10 Å². The number of esters is 1. The van der Waals surface area contributed by atoms with E-state index >= 15 is 0 Å². The number of fused-ring (bicyclic) bond motifs is 1. The molecule has 0 unspecified atom stereocenters. The number of nitrogens with zero attached hydrogens (tertiary/aromatic N) is 3. The van der Waals surface area contributed by atoms with E-state index in [0.29, 0.717) is 0 Å². The van der Waals surface area contributed by atoms with Crippen LogP contribution < -0.4 is 10.2 Å². The van der Waals surface area contributed by atoms with Gasteiger partial charge in [0.2, 0.25) is 5.91 Å². The van der Waals surface area contributed by atoms with Gasteiger partial charge >= 0.3 is 5.97 Å². The van der Waals surface area contributed by atoms with Gasteiger partial charge in [-0.05, 0) is 31.9 Å². The number of amides is 2. The third-order valence-corrected chi connectivity index (χ3v) is 6.57. The van der Waals surface area contributed by atoms with Crippen molar-refractivity contribution in [3.63, 3.8) is 0 Å². The van der Waals surface area contributed by atoms with Gasteiger partial charge in [-0.15, -0.1) is 0 Å². The normalized spacial score (nSPS) is 21.7. The number of methoxy groups -OCH3 is 1. The Kier molecular flexibility index (Phi) is 6.49. The molecule has 2 aliphatic rings. The Balaban J connectivity index is 1.73. The number of anilines is 1. The van der Waals surface area contributed by atoms with Gasteiger partial charge in [0, 0.05) is 12.1 Å². The summed E-state index contributed by atoms with van der Waals surface area (Å²) in [6, 6.07) is 7.18. The summed E-state index contributed by atoms with van der Waals surface area (Å²) in [5.41, 5.74) is -1.40. The highest BCUT2D eigenvalue weighted by Crippen LogP contribution is 2.34. The van der Waals surface area contributed by atoms with Crippen molar-refractivity contribution in [2.75, 3.05) is 12.0 Å². The van der Waals surface area contributed by atoms with E-state index in [9.17, 15) is 18.8 Å². The van der Waals surface area contributed by atoms with Crippen LogP contribution in [0.5, 0.6) is 0 Å². The van der Waals surface area contributed by atoms with Gasteiger partial charge in [0.1, 0.15) is 17.1 Å². The molecule has 2 aromatic rings. The van der Waals surface area contributed by atoms with E-state index in [2.05, 4.69) is 10.4 Å². The van der Waals surface area contributed by atoms with E-state index in [-0.39, 0.29) is 35.6 Å². The quantitative estimate of drug-likeness (QED) is 0.712. The van der Waals surface area contributed by atoms with Crippen LogP contribution >= 0.6 is 0 Å². The Morgan fingerprint density at radius 1 is 1.15 bits per heavy atom. The summed E-state index contributed by atoms with van der Waals surface area (Å²) in [4.78, 5) is 40.4. The molecule has 2 amide bonds. The zero-order valence-corrected chi connectivity index (χ0v) is 19.0. The number of hydrogen-bond acceptors (Lipinski definition) is 5. The molecule has 1 N–H and O–H groups in total. The van der Waals surface area contributed by atoms with Gasteiger partial charge < -0.3 is 10.1 Å². The van der Waals surface area contributed by atoms with Crippen molar-refractivity contribution in [3.8, 4) is 0 Å². The van der Waals surface area contributed by atoms with Crippen LogP contribution in [0, 0.1) is 5.82 Å².